The minimum absolute atomic E-state index is 0.0334. The molecule has 0 radical (unpaired) electrons. The fraction of sp³-hybridized carbons (Fsp3) is 0.538. The van der Waals surface area contributed by atoms with Crippen molar-refractivity contribution >= 4 is 11.9 Å². The lowest BCUT2D eigenvalue weighted by atomic mass is 10.2. The molecule has 0 aliphatic rings. The van der Waals surface area contributed by atoms with Crippen molar-refractivity contribution in [1.82, 2.24) is 0 Å². The van der Waals surface area contributed by atoms with Crippen molar-refractivity contribution in [2.45, 2.75) is 39.9 Å². The van der Waals surface area contributed by atoms with Crippen LogP contribution in [0.15, 0.2) is 23.8 Å². The van der Waals surface area contributed by atoms with Crippen LogP contribution in [-0.4, -0.2) is 46.1 Å². The molecule has 2 unspecified atom stereocenters. The summed E-state index contributed by atoms with van der Waals surface area (Å²) in [5.41, 5.74) is 0.519. The Morgan fingerprint density at radius 1 is 1.26 bits per heavy atom. The number of carboxylic acid groups (broad SMARTS) is 1. The van der Waals surface area contributed by atoms with Gasteiger partial charge in [-0.2, -0.15) is 0 Å². The molecule has 0 saturated heterocycles. The number of aliphatic hydroxyl groups excluding tert-OH is 2. The number of aliphatic carboxylic acids is 1. The molecule has 0 spiro atoms. The standard InChI is InChI=1S/C7H12O3.C6H10O3/c1-5(2)7(9)10-4-6(3)8;1-4(6(8)9)3-5(2)7/h6,8H,1,4H2,2-3H3;3,5,7H,1-2H3,(H,8,9). The first-order valence-electron chi connectivity index (χ1n) is 5.68. The average Bonchev–Trinajstić information content (AvgIpc) is 2.25. The third-order valence-corrected chi connectivity index (χ3v) is 1.63. The second kappa shape index (κ2) is 10.3. The van der Waals surface area contributed by atoms with Crippen molar-refractivity contribution in [2.75, 3.05) is 6.61 Å². The van der Waals surface area contributed by atoms with Gasteiger partial charge >= 0.3 is 11.9 Å². The maximum Gasteiger partial charge on any atom is 0.333 e. The molecule has 19 heavy (non-hydrogen) atoms. The van der Waals surface area contributed by atoms with Gasteiger partial charge in [-0.15, -0.1) is 0 Å². The number of hydrogen-bond donors (Lipinski definition) is 3. The van der Waals surface area contributed by atoms with Crippen LogP contribution in [0.5, 0.6) is 0 Å². The van der Waals surface area contributed by atoms with E-state index in [-0.39, 0.29) is 12.2 Å². The minimum atomic E-state index is -0.990. The molecule has 0 fully saturated rings. The highest BCUT2D eigenvalue weighted by Crippen LogP contribution is 1.94. The van der Waals surface area contributed by atoms with Crippen molar-refractivity contribution in [3.63, 3.8) is 0 Å². The summed E-state index contributed by atoms with van der Waals surface area (Å²) in [4.78, 5) is 20.7. The lowest BCUT2D eigenvalue weighted by Gasteiger charge is -2.04. The van der Waals surface area contributed by atoms with Crippen LogP contribution in [0, 0.1) is 0 Å². The van der Waals surface area contributed by atoms with E-state index in [1.54, 1.807) is 13.8 Å². The zero-order valence-electron chi connectivity index (χ0n) is 11.7. The Hall–Kier alpha value is -1.66. The molecule has 0 aliphatic carbocycles. The molecule has 0 bridgehead atoms. The number of carbonyl (C=O) groups is 2. The topological polar surface area (TPSA) is 104 Å². The van der Waals surface area contributed by atoms with Crippen molar-refractivity contribution in [3.05, 3.63) is 23.8 Å². The van der Waals surface area contributed by atoms with Gasteiger partial charge in [0.05, 0.1) is 12.2 Å². The van der Waals surface area contributed by atoms with Gasteiger partial charge in [0.2, 0.25) is 0 Å². The lowest BCUT2D eigenvalue weighted by Crippen LogP contribution is -2.15. The van der Waals surface area contributed by atoms with E-state index in [2.05, 4.69) is 11.3 Å². The van der Waals surface area contributed by atoms with Gasteiger partial charge in [0.25, 0.3) is 0 Å². The van der Waals surface area contributed by atoms with Crippen molar-refractivity contribution in [2.24, 2.45) is 0 Å². The van der Waals surface area contributed by atoms with Crippen molar-refractivity contribution in [1.29, 1.82) is 0 Å². The second-order valence-electron chi connectivity index (χ2n) is 4.12. The van der Waals surface area contributed by atoms with E-state index in [1.807, 2.05) is 0 Å². The average molecular weight is 274 g/mol. The van der Waals surface area contributed by atoms with E-state index in [9.17, 15) is 9.59 Å². The third-order valence-electron chi connectivity index (χ3n) is 1.63. The minimum Gasteiger partial charge on any atom is -0.478 e. The van der Waals surface area contributed by atoms with Gasteiger partial charge in [-0.05, 0) is 33.8 Å². The largest absolute Gasteiger partial charge is 0.478 e. The van der Waals surface area contributed by atoms with Crippen LogP contribution in [0.2, 0.25) is 0 Å². The molecular formula is C13H22O6. The lowest BCUT2D eigenvalue weighted by molar-refractivity contribution is -0.141. The number of hydrogen-bond acceptors (Lipinski definition) is 5. The second-order valence-corrected chi connectivity index (χ2v) is 4.12. The van der Waals surface area contributed by atoms with E-state index in [0.717, 1.165) is 0 Å². The molecule has 0 rings (SSSR count). The SMILES string of the molecule is C=C(C)C(=O)OCC(C)O.CC(=CC(C)O)C(=O)O. The zero-order valence-corrected chi connectivity index (χ0v) is 11.7. The van der Waals surface area contributed by atoms with E-state index in [1.165, 1.54) is 19.9 Å². The van der Waals surface area contributed by atoms with Crippen LogP contribution in [0.1, 0.15) is 27.7 Å². The van der Waals surface area contributed by atoms with Crippen LogP contribution < -0.4 is 0 Å². The highest BCUT2D eigenvalue weighted by atomic mass is 16.5. The Bertz CT molecular complexity index is 341. The number of aliphatic hydroxyl groups is 2. The van der Waals surface area contributed by atoms with Gasteiger partial charge in [-0.3, -0.25) is 0 Å². The molecule has 0 amide bonds. The molecule has 0 aromatic rings. The zero-order chi connectivity index (χ0) is 15.6. The van der Waals surface area contributed by atoms with E-state index in [4.69, 9.17) is 15.3 Å². The van der Waals surface area contributed by atoms with Crippen LogP contribution >= 0.6 is 0 Å². The Morgan fingerprint density at radius 3 is 1.95 bits per heavy atom. The van der Waals surface area contributed by atoms with Crippen LogP contribution in [0.3, 0.4) is 0 Å². The summed E-state index contributed by atoms with van der Waals surface area (Å²) in [6.07, 6.45) is -0.00750. The molecule has 0 aromatic carbocycles. The van der Waals surface area contributed by atoms with Crippen LogP contribution in [0.25, 0.3) is 0 Å². The molecule has 0 heterocycles. The van der Waals surface area contributed by atoms with Crippen molar-refractivity contribution in [3.8, 4) is 0 Å². The fourth-order valence-corrected chi connectivity index (χ4v) is 0.753. The monoisotopic (exact) mass is 274 g/mol. The molecule has 0 aromatic heterocycles. The van der Waals surface area contributed by atoms with Gasteiger partial charge in [0, 0.05) is 11.1 Å². The number of carboxylic acids is 1. The first-order chi connectivity index (χ1) is 8.57. The highest BCUT2D eigenvalue weighted by Gasteiger charge is 2.03. The normalized spacial score (nSPS) is 13.7. The van der Waals surface area contributed by atoms with Gasteiger partial charge in [0.15, 0.2) is 0 Å². The first-order valence-corrected chi connectivity index (χ1v) is 5.68. The Balaban J connectivity index is 0. The van der Waals surface area contributed by atoms with Gasteiger partial charge in [-0.1, -0.05) is 6.58 Å². The number of rotatable bonds is 5. The summed E-state index contributed by atoms with van der Waals surface area (Å²) in [7, 11) is 0. The molecule has 6 nitrogen and oxygen atoms in total. The molecule has 0 saturated carbocycles. The molecule has 2 atom stereocenters. The number of esters is 1. The van der Waals surface area contributed by atoms with E-state index in [0.29, 0.717) is 5.57 Å². The maximum absolute atomic E-state index is 10.6. The van der Waals surface area contributed by atoms with E-state index >= 15 is 0 Å². The summed E-state index contributed by atoms with van der Waals surface area (Å²) >= 11 is 0. The van der Waals surface area contributed by atoms with Crippen LogP contribution in [-0.2, 0) is 14.3 Å². The van der Waals surface area contributed by atoms with Crippen molar-refractivity contribution < 1.29 is 29.6 Å². The quantitative estimate of drug-likeness (QED) is 0.508. The smallest absolute Gasteiger partial charge is 0.333 e. The fourth-order valence-electron chi connectivity index (χ4n) is 0.753. The summed E-state index contributed by atoms with van der Waals surface area (Å²) in [6, 6.07) is 0. The molecule has 0 aliphatic heterocycles. The summed E-state index contributed by atoms with van der Waals surface area (Å²) in [5, 5.41) is 25.6. The molecule has 6 heteroatoms. The molecular weight excluding hydrogens is 252 g/mol. The predicted molar refractivity (Wildman–Crippen MR) is 70.5 cm³/mol. The number of carbonyl (C=O) groups excluding carboxylic acids is 1. The summed E-state index contributed by atoms with van der Waals surface area (Å²) < 4.78 is 4.58. The predicted octanol–water partition coefficient (Wildman–Crippen LogP) is 0.885. The molecule has 3 N–H and O–H groups in total. The van der Waals surface area contributed by atoms with Gasteiger partial charge in [-0.25, -0.2) is 9.59 Å². The van der Waals surface area contributed by atoms with E-state index < -0.39 is 24.1 Å². The Morgan fingerprint density at radius 2 is 1.74 bits per heavy atom. The first kappa shape index (κ1) is 19.7. The Labute approximate surface area is 113 Å². The third kappa shape index (κ3) is 14.3. The summed E-state index contributed by atoms with van der Waals surface area (Å²) in [6.45, 7) is 9.46. The van der Waals surface area contributed by atoms with Gasteiger partial charge in [0.1, 0.15) is 6.61 Å². The molecule has 110 valence electrons. The van der Waals surface area contributed by atoms with Gasteiger partial charge < -0.3 is 20.1 Å². The van der Waals surface area contributed by atoms with Crippen LogP contribution in [0.4, 0.5) is 0 Å². The maximum atomic E-state index is 10.6. The Kier molecular flexibility index (Phi) is 10.6. The highest BCUT2D eigenvalue weighted by molar-refractivity contribution is 5.87. The number of ether oxygens (including phenoxy) is 1. The summed E-state index contributed by atoms with van der Waals surface area (Å²) in [5.74, 6) is -1.45.